The second-order valence-corrected chi connectivity index (χ2v) is 11.7. The van der Waals surface area contributed by atoms with Crippen LogP contribution in [0.15, 0.2) is 65.4 Å². The van der Waals surface area contributed by atoms with E-state index in [4.69, 9.17) is 34.1 Å². The summed E-state index contributed by atoms with van der Waals surface area (Å²) in [5.74, 6) is 1.72. The van der Waals surface area contributed by atoms with Gasteiger partial charge in [-0.3, -0.25) is 9.59 Å². The summed E-state index contributed by atoms with van der Waals surface area (Å²) in [5, 5.41) is 25.3. The number of carboxylic acid groups (broad SMARTS) is 1. The molecule has 2 saturated heterocycles. The highest BCUT2D eigenvalue weighted by Crippen LogP contribution is 2.34. The first-order valence-corrected chi connectivity index (χ1v) is 18.5. The van der Waals surface area contributed by atoms with E-state index in [1.165, 1.54) is 0 Å². The molecule has 0 saturated carbocycles. The number of para-hydroxylation sites is 1. The normalized spacial score (nSPS) is 14.7. The van der Waals surface area contributed by atoms with Crippen LogP contribution in [-0.4, -0.2) is 106 Å². The highest BCUT2D eigenvalue weighted by atomic mass is 16.5. The van der Waals surface area contributed by atoms with E-state index in [0.717, 1.165) is 98.0 Å². The van der Waals surface area contributed by atoms with E-state index in [-0.39, 0.29) is 37.0 Å². The SMILES string of the molecule is C=CCC(/C(C)=C\C)N(C(=C)O)C1CCN(C(=O)COCCCc2nc(N3CCCC3)c3oc4ccccc4c3n2)CC1.CC.CC.CO.O=CO. The fraction of sp³-hybridized carbons (Fsp3) is 0.550. The average molecular weight is 726 g/mol. The van der Waals surface area contributed by atoms with Gasteiger partial charge in [-0.1, -0.05) is 57.6 Å². The zero-order chi connectivity index (χ0) is 39.1. The van der Waals surface area contributed by atoms with Gasteiger partial charge in [0, 0.05) is 57.7 Å². The van der Waals surface area contributed by atoms with E-state index in [0.29, 0.717) is 26.1 Å². The molecule has 5 rings (SSSR count). The van der Waals surface area contributed by atoms with Crippen LogP contribution in [-0.2, 0) is 20.7 Å². The number of anilines is 1. The number of fused-ring (bicyclic) bond motifs is 3. The molecule has 290 valence electrons. The number of likely N-dealkylation sites (tertiary alicyclic amines) is 1. The number of furan rings is 1. The summed E-state index contributed by atoms with van der Waals surface area (Å²) >= 11 is 0. The van der Waals surface area contributed by atoms with Gasteiger partial charge >= 0.3 is 0 Å². The molecule has 1 unspecified atom stereocenters. The lowest BCUT2D eigenvalue weighted by Gasteiger charge is -2.43. The van der Waals surface area contributed by atoms with Crippen LogP contribution < -0.4 is 4.90 Å². The minimum absolute atomic E-state index is 0.000965. The largest absolute Gasteiger partial charge is 0.495 e. The van der Waals surface area contributed by atoms with Crippen molar-refractivity contribution in [2.75, 3.05) is 51.4 Å². The van der Waals surface area contributed by atoms with Gasteiger partial charge in [-0.05, 0) is 71.1 Å². The van der Waals surface area contributed by atoms with E-state index in [1.807, 2.05) is 74.8 Å². The highest BCUT2D eigenvalue weighted by molar-refractivity contribution is 6.05. The predicted molar refractivity (Wildman–Crippen MR) is 211 cm³/mol. The molecule has 1 atom stereocenters. The van der Waals surface area contributed by atoms with Crippen molar-refractivity contribution < 1.29 is 34.1 Å². The van der Waals surface area contributed by atoms with Crippen molar-refractivity contribution in [1.82, 2.24) is 19.8 Å². The van der Waals surface area contributed by atoms with E-state index < -0.39 is 0 Å². The molecule has 2 aliphatic rings. The maximum atomic E-state index is 12.9. The number of carbonyl (C=O) groups excluding carboxylic acids is 1. The molecule has 3 aromatic rings. The van der Waals surface area contributed by atoms with Crippen LogP contribution in [0.25, 0.3) is 22.1 Å². The van der Waals surface area contributed by atoms with Gasteiger partial charge in [-0.2, -0.15) is 0 Å². The molecule has 0 bridgehead atoms. The quantitative estimate of drug-likeness (QED) is 0.0694. The number of carbonyl (C=O) groups is 2. The van der Waals surface area contributed by atoms with Gasteiger partial charge in [-0.15, -0.1) is 6.58 Å². The van der Waals surface area contributed by atoms with Gasteiger partial charge < -0.3 is 39.2 Å². The summed E-state index contributed by atoms with van der Waals surface area (Å²) in [6.45, 7) is 23.3. The van der Waals surface area contributed by atoms with Crippen LogP contribution in [0.1, 0.15) is 85.9 Å². The van der Waals surface area contributed by atoms with E-state index in [1.54, 1.807) is 0 Å². The zero-order valence-electron chi connectivity index (χ0n) is 32.5. The number of hydrogen-bond donors (Lipinski definition) is 3. The summed E-state index contributed by atoms with van der Waals surface area (Å²) in [6.07, 6.45) is 9.88. The van der Waals surface area contributed by atoms with Crippen molar-refractivity contribution in [2.45, 2.75) is 98.6 Å². The Kier molecular flexibility index (Phi) is 22.4. The molecule has 12 heteroatoms. The number of ether oxygens (including phenoxy) is 1. The molecule has 2 aromatic heterocycles. The van der Waals surface area contributed by atoms with Gasteiger partial charge in [0.05, 0.1) is 6.04 Å². The minimum atomic E-state index is -0.250. The maximum absolute atomic E-state index is 12.9. The Hall–Kier alpha value is -4.42. The number of benzene rings is 1. The van der Waals surface area contributed by atoms with Crippen LogP contribution in [0.2, 0.25) is 0 Å². The van der Waals surface area contributed by atoms with Crippen molar-refractivity contribution in [3.8, 4) is 0 Å². The average Bonchev–Trinajstić information content (AvgIpc) is 3.86. The Bertz CT molecular complexity index is 1530. The van der Waals surface area contributed by atoms with Gasteiger partial charge in [-0.25, -0.2) is 9.97 Å². The smallest absolute Gasteiger partial charge is 0.290 e. The Morgan fingerprint density at radius 1 is 1.10 bits per heavy atom. The van der Waals surface area contributed by atoms with Crippen molar-refractivity contribution in [1.29, 1.82) is 0 Å². The lowest BCUT2D eigenvalue weighted by atomic mass is 9.96. The first-order valence-electron chi connectivity index (χ1n) is 18.5. The predicted octanol–water partition coefficient (Wildman–Crippen LogP) is 7.52. The van der Waals surface area contributed by atoms with Crippen LogP contribution in [0.5, 0.6) is 0 Å². The third-order valence-electron chi connectivity index (χ3n) is 8.78. The number of nitrogens with zero attached hydrogens (tertiary/aromatic N) is 5. The summed E-state index contributed by atoms with van der Waals surface area (Å²) < 4.78 is 12.0. The van der Waals surface area contributed by atoms with Crippen LogP contribution in [0.4, 0.5) is 5.82 Å². The molecular formula is C40H63N5O7. The van der Waals surface area contributed by atoms with Crippen molar-refractivity contribution in [2.24, 2.45) is 0 Å². The van der Waals surface area contributed by atoms with E-state index >= 15 is 0 Å². The summed E-state index contributed by atoms with van der Waals surface area (Å²) in [5.41, 5.74) is 3.62. The van der Waals surface area contributed by atoms with Crippen LogP contribution in [0.3, 0.4) is 0 Å². The van der Waals surface area contributed by atoms with E-state index in [2.05, 4.69) is 31.1 Å². The highest BCUT2D eigenvalue weighted by Gasteiger charge is 2.32. The monoisotopic (exact) mass is 725 g/mol. The van der Waals surface area contributed by atoms with Crippen molar-refractivity contribution >= 4 is 40.3 Å². The molecule has 3 N–H and O–H groups in total. The minimum Gasteiger partial charge on any atom is -0.495 e. The topological polar surface area (TPSA) is 153 Å². The number of aromatic nitrogens is 2. The molecule has 52 heavy (non-hydrogen) atoms. The van der Waals surface area contributed by atoms with Crippen LogP contribution >= 0.6 is 0 Å². The molecule has 12 nitrogen and oxygen atoms in total. The van der Waals surface area contributed by atoms with Crippen molar-refractivity contribution in [3.63, 3.8) is 0 Å². The lowest BCUT2D eigenvalue weighted by Crippen LogP contribution is -2.50. The number of allylic oxidation sites excluding steroid dienone is 1. The van der Waals surface area contributed by atoms with Crippen LogP contribution in [0, 0.1) is 0 Å². The standard InChI is InChI=1S/C34H45N5O4.2C2H6.CH2O2.CH4O/c1-5-12-28(24(3)6-2)39(25(4)40)26-16-20-37(21-17-26)31(41)23-42-22-11-15-30-35-32-27-13-7-8-14-29(27)43-33(32)34(36-30)38-18-9-10-19-38;2*1-2;2-1-3;1-2/h5-8,13-14,26,28,40H,1,4,9-12,15-23H2,2-3H3;2*1-2H3;1H,(H,2,3);2H,1H3/b24-6-;;;;. The van der Waals surface area contributed by atoms with Gasteiger partial charge in [0.25, 0.3) is 6.47 Å². The molecule has 0 aliphatic carbocycles. The molecule has 1 aromatic carbocycles. The molecule has 4 heterocycles. The summed E-state index contributed by atoms with van der Waals surface area (Å²) in [6, 6.07) is 8.12. The number of aryl methyl sites for hydroxylation is 1. The third kappa shape index (κ3) is 12.7. The summed E-state index contributed by atoms with van der Waals surface area (Å²) in [7, 11) is 1.00. The Labute approximate surface area is 310 Å². The number of hydrogen-bond acceptors (Lipinski definition) is 10. The Balaban J connectivity index is 0.00000138. The number of piperidine rings is 1. The first-order chi connectivity index (χ1) is 25.3. The number of aliphatic hydroxyl groups excluding tert-OH is 2. The van der Waals surface area contributed by atoms with Gasteiger partial charge in [0.1, 0.15) is 23.5 Å². The molecule has 2 fully saturated rings. The van der Waals surface area contributed by atoms with Gasteiger partial charge in [0.2, 0.25) is 5.91 Å². The lowest BCUT2D eigenvalue weighted by molar-refractivity contribution is -0.137. The molecule has 0 radical (unpaired) electrons. The third-order valence-corrected chi connectivity index (χ3v) is 8.78. The fourth-order valence-electron chi connectivity index (χ4n) is 6.37. The fourth-order valence-corrected chi connectivity index (χ4v) is 6.37. The molecule has 1 amide bonds. The van der Waals surface area contributed by atoms with Crippen molar-refractivity contribution in [3.05, 3.63) is 66.9 Å². The Morgan fingerprint density at radius 2 is 1.71 bits per heavy atom. The van der Waals surface area contributed by atoms with E-state index in [9.17, 15) is 9.90 Å². The Morgan fingerprint density at radius 3 is 2.29 bits per heavy atom. The second-order valence-electron chi connectivity index (χ2n) is 11.7. The number of aliphatic hydroxyl groups is 2. The maximum Gasteiger partial charge on any atom is 0.290 e. The number of amides is 1. The first kappa shape index (κ1) is 45.6. The molecule has 2 aliphatic heterocycles. The zero-order valence-corrected chi connectivity index (χ0v) is 32.5. The van der Waals surface area contributed by atoms with Gasteiger partial charge in [0.15, 0.2) is 17.3 Å². The summed E-state index contributed by atoms with van der Waals surface area (Å²) in [4.78, 5) is 37.2. The molecule has 0 spiro atoms. The molecular weight excluding hydrogens is 662 g/mol. The second kappa shape index (κ2) is 25.5. The number of rotatable bonds is 13.